The Morgan fingerprint density at radius 1 is 1.26 bits per heavy atom. The average Bonchev–Trinajstić information content (AvgIpc) is 2.92. The minimum atomic E-state index is -0.957. The van der Waals surface area contributed by atoms with Crippen LogP contribution in [0.15, 0.2) is 11.6 Å². The molecule has 0 bridgehead atoms. The van der Waals surface area contributed by atoms with Gasteiger partial charge in [0.1, 0.15) is 0 Å². The largest absolute Gasteiger partial charge is 0.295 e. The zero-order valence-corrected chi connectivity index (χ0v) is 14.7. The smallest absolute Gasteiger partial charge is 0.225 e. The fourth-order valence-electron chi connectivity index (χ4n) is 6.57. The molecule has 0 aromatic rings. The minimum Gasteiger partial charge on any atom is -0.295 e. The van der Waals surface area contributed by atoms with Gasteiger partial charge in [-0.1, -0.05) is 19.4 Å². The average molecular weight is 339 g/mol. The number of carbonyl (C=O) groups is 2. The fourth-order valence-corrected chi connectivity index (χ4v) is 6.93. The summed E-state index contributed by atoms with van der Waals surface area (Å²) in [6, 6.07) is 0. The lowest BCUT2D eigenvalue weighted by atomic mass is 9.47. The Kier molecular flexibility index (Phi) is 3.07. The second kappa shape index (κ2) is 5.18. The van der Waals surface area contributed by atoms with E-state index in [0.717, 1.165) is 44.1 Å². The van der Waals surface area contributed by atoms with E-state index in [-0.39, 0.29) is 27.8 Å². The molecule has 4 aliphatic carbocycles. The predicted octanol–water partition coefficient (Wildman–Crippen LogP) is 4.90. The Morgan fingerprint density at radius 3 is 2.78 bits per heavy atom. The topological polar surface area (TPSA) is 34.1 Å². The lowest BCUT2D eigenvalue weighted by Gasteiger charge is -2.57. The SMILES string of the molecule is [3H]C1C(=O)C=C2CC[C@H]3[C@@H]4CC[C@H](C(=O)Cl)[C@@]4(C)CC[C@@H]3[C@@]2(C)C1[3H]. The maximum atomic E-state index is 12.1. The van der Waals surface area contributed by atoms with Gasteiger partial charge in [-0.2, -0.15) is 0 Å². The summed E-state index contributed by atoms with van der Waals surface area (Å²) in [4.78, 5) is 24.0. The highest BCUT2D eigenvalue weighted by atomic mass is 35.5. The van der Waals surface area contributed by atoms with Crippen LogP contribution in [0.5, 0.6) is 0 Å². The van der Waals surface area contributed by atoms with Crippen molar-refractivity contribution >= 4 is 22.6 Å². The molecular formula is C20H27ClO2. The van der Waals surface area contributed by atoms with Crippen LogP contribution >= 0.6 is 11.6 Å². The first-order valence-electron chi connectivity index (χ1n) is 10.2. The van der Waals surface area contributed by atoms with Crippen LogP contribution in [-0.2, 0) is 9.59 Å². The Balaban J connectivity index is 1.71. The van der Waals surface area contributed by atoms with E-state index in [0.29, 0.717) is 17.8 Å². The van der Waals surface area contributed by atoms with E-state index in [1.54, 1.807) is 6.08 Å². The second-order valence-electron chi connectivity index (χ2n) is 8.58. The van der Waals surface area contributed by atoms with Crippen molar-refractivity contribution in [3.8, 4) is 0 Å². The van der Waals surface area contributed by atoms with Gasteiger partial charge in [0, 0.05) is 15.1 Å². The zero-order chi connectivity index (χ0) is 18.1. The fraction of sp³-hybridized carbons (Fsp3) is 0.800. The number of rotatable bonds is 1. The molecule has 2 unspecified atom stereocenters. The third-order valence-corrected chi connectivity index (χ3v) is 8.09. The number of hydrogen-bond donors (Lipinski definition) is 0. The van der Waals surface area contributed by atoms with Gasteiger partial charge in [0.05, 0.1) is 0 Å². The monoisotopic (exact) mass is 338 g/mol. The molecule has 3 fully saturated rings. The number of allylic oxidation sites excluding steroid dienone is 1. The van der Waals surface area contributed by atoms with Crippen LogP contribution in [-0.4, -0.2) is 11.0 Å². The molecule has 8 atom stereocenters. The van der Waals surface area contributed by atoms with Crippen LogP contribution in [0, 0.1) is 34.5 Å². The van der Waals surface area contributed by atoms with Gasteiger partial charge in [0.2, 0.25) is 5.24 Å². The number of hydrogen-bond acceptors (Lipinski definition) is 2. The Morgan fingerprint density at radius 2 is 2.04 bits per heavy atom. The Hall–Kier alpha value is -0.630. The molecule has 126 valence electrons. The summed E-state index contributed by atoms with van der Waals surface area (Å²) in [6.07, 6.45) is 5.82. The zero-order valence-electron chi connectivity index (χ0n) is 16.0. The van der Waals surface area contributed by atoms with Gasteiger partial charge in [-0.15, -0.1) is 0 Å². The van der Waals surface area contributed by atoms with E-state index in [1.165, 1.54) is 0 Å². The third-order valence-electron chi connectivity index (χ3n) is 7.83. The summed E-state index contributed by atoms with van der Waals surface area (Å²) in [5, 5.41) is -0.182. The highest BCUT2D eigenvalue weighted by molar-refractivity contribution is 6.64. The van der Waals surface area contributed by atoms with E-state index < -0.39 is 12.8 Å². The van der Waals surface area contributed by atoms with Crippen molar-refractivity contribution in [3.05, 3.63) is 11.6 Å². The quantitative estimate of drug-likeness (QED) is 0.637. The van der Waals surface area contributed by atoms with Crippen molar-refractivity contribution < 1.29 is 12.3 Å². The molecule has 0 radical (unpaired) electrons. The summed E-state index contributed by atoms with van der Waals surface area (Å²) in [7, 11) is 0. The van der Waals surface area contributed by atoms with Crippen molar-refractivity contribution in [3.63, 3.8) is 0 Å². The van der Waals surface area contributed by atoms with Crippen LogP contribution in [0.2, 0.25) is 0 Å². The van der Waals surface area contributed by atoms with Crippen LogP contribution < -0.4 is 0 Å². The second-order valence-corrected chi connectivity index (χ2v) is 8.95. The summed E-state index contributed by atoms with van der Waals surface area (Å²) in [5.74, 6) is 1.08. The molecule has 0 spiro atoms. The highest BCUT2D eigenvalue weighted by Gasteiger charge is 2.59. The molecule has 3 heteroatoms. The molecule has 2 nitrogen and oxygen atoms in total. The molecule has 0 N–H and O–H groups in total. The maximum Gasteiger partial charge on any atom is 0.225 e. The predicted molar refractivity (Wildman–Crippen MR) is 91.1 cm³/mol. The van der Waals surface area contributed by atoms with Crippen molar-refractivity contribution in [2.75, 3.05) is 0 Å². The molecule has 23 heavy (non-hydrogen) atoms. The molecule has 3 saturated carbocycles. The van der Waals surface area contributed by atoms with Crippen LogP contribution in [0.3, 0.4) is 0 Å². The molecular weight excluding hydrogens is 308 g/mol. The molecule has 0 saturated heterocycles. The van der Waals surface area contributed by atoms with Crippen molar-refractivity contribution in [2.45, 2.75) is 65.2 Å². The van der Waals surface area contributed by atoms with Gasteiger partial charge in [-0.25, -0.2) is 0 Å². The third kappa shape index (κ3) is 2.13. The van der Waals surface area contributed by atoms with E-state index in [1.807, 2.05) is 0 Å². The van der Waals surface area contributed by atoms with E-state index >= 15 is 0 Å². The Bertz CT molecular complexity index is 662. The lowest BCUT2D eigenvalue weighted by molar-refractivity contribution is -0.123. The van der Waals surface area contributed by atoms with Crippen molar-refractivity contribution in [1.29, 1.82) is 0 Å². The van der Waals surface area contributed by atoms with Gasteiger partial charge >= 0.3 is 0 Å². The van der Waals surface area contributed by atoms with Gasteiger partial charge in [-0.3, -0.25) is 9.59 Å². The first kappa shape index (κ1) is 13.6. The lowest BCUT2D eigenvalue weighted by Crippen LogP contribution is -2.50. The van der Waals surface area contributed by atoms with Crippen molar-refractivity contribution in [2.24, 2.45) is 34.5 Å². The molecule has 4 rings (SSSR count). The van der Waals surface area contributed by atoms with Gasteiger partial charge in [-0.05, 0) is 91.2 Å². The molecule has 0 aromatic heterocycles. The normalized spacial score (nSPS) is 56.7. The molecule has 0 aliphatic heterocycles. The standard InChI is InChI=1S/C20H27ClO2/c1-19-9-7-13(22)11-12(19)3-4-14-15-5-6-17(18(21)23)20(15,2)10-8-16(14)19/h11,14-17H,3-10H2,1-2H3/t14-,15-,16-,17+,19-,20-/m0/s1/i7T,9T/t7?,9?,14-,15-,16-,17+,19-,20-. The van der Waals surface area contributed by atoms with E-state index in [4.69, 9.17) is 14.3 Å². The van der Waals surface area contributed by atoms with Gasteiger partial charge in [0.25, 0.3) is 0 Å². The summed E-state index contributed by atoms with van der Waals surface area (Å²) < 4.78 is 16.8. The summed E-state index contributed by atoms with van der Waals surface area (Å²) in [6.45, 7) is 4.37. The maximum absolute atomic E-state index is 12.1. The molecule has 0 heterocycles. The van der Waals surface area contributed by atoms with Gasteiger partial charge < -0.3 is 0 Å². The number of ketones is 1. The summed E-state index contributed by atoms with van der Waals surface area (Å²) in [5.41, 5.74) is 0.724. The number of halogens is 1. The van der Waals surface area contributed by atoms with Crippen LogP contribution in [0.4, 0.5) is 0 Å². The first-order chi connectivity index (χ1) is 11.7. The molecule has 0 amide bonds. The number of fused-ring (bicyclic) bond motifs is 5. The van der Waals surface area contributed by atoms with Crippen molar-refractivity contribution in [1.82, 2.24) is 0 Å². The highest BCUT2D eigenvalue weighted by Crippen LogP contribution is 2.66. The minimum absolute atomic E-state index is 0.0139. The van der Waals surface area contributed by atoms with E-state index in [2.05, 4.69) is 13.8 Å². The van der Waals surface area contributed by atoms with Gasteiger partial charge in [0.15, 0.2) is 5.78 Å². The Labute approximate surface area is 146 Å². The molecule has 0 aromatic carbocycles. The molecule has 4 aliphatic rings. The number of carbonyl (C=O) groups excluding carboxylic acids is 2. The first-order valence-corrected chi connectivity index (χ1v) is 9.37. The van der Waals surface area contributed by atoms with Crippen LogP contribution in [0.25, 0.3) is 0 Å². The van der Waals surface area contributed by atoms with E-state index in [9.17, 15) is 9.59 Å². The summed E-state index contributed by atoms with van der Waals surface area (Å²) >= 11 is 5.92. The van der Waals surface area contributed by atoms with Crippen LogP contribution in [0.1, 0.15) is 67.9 Å².